The van der Waals surface area contributed by atoms with Crippen LogP contribution in [0.3, 0.4) is 0 Å². The number of hydrogen-bond donors (Lipinski definition) is 1. The van der Waals surface area contributed by atoms with Crippen LogP contribution in [-0.2, 0) is 0 Å². The topological polar surface area (TPSA) is 52.0 Å². The summed E-state index contributed by atoms with van der Waals surface area (Å²) in [6.07, 6.45) is 1.62. The van der Waals surface area contributed by atoms with Gasteiger partial charge in [0.05, 0.1) is 11.9 Å². The summed E-state index contributed by atoms with van der Waals surface area (Å²) in [6, 6.07) is 3.66. The van der Waals surface area contributed by atoms with Crippen LogP contribution in [-0.4, -0.2) is 4.98 Å². The molecule has 11 heavy (non-hydrogen) atoms. The van der Waals surface area contributed by atoms with Crippen molar-refractivity contribution in [3.05, 3.63) is 24.1 Å². The minimum atomic E-state index is 0.631. The zero-order valence-corrected chi connectivity index (χ0v) is 6.16. The van der Waals surface area contributed by atoms with Crippen LogP contribution in [0.15, 0.2) is 22.7 Å². The van der Waals surface area contributed by atoms with Gasteiger partial charge in [-0.1, -0.05) is 0 Å². The molecule has 0 aliphatic rings. The molecular formula is C8H8N2O. The summed E-state index contributed by atoms with van der Waals surface area (Å²) in [5.41, 5.74) is 7.75. The second kappa shape index (κ2) is 1.99. The summed E-state index contributed by atoms with van der Waals surface area (Å²) in [5.74, 6) is 0.859. The van der Waals surface area contributed by atoms with Crippen LogP contribution in [0.1, 0.15) is 5.76 Å². The van der Waals surface area contributed by atoms with Crippen LogP contribution in [0.4, 0.5) is 5.69 Å². The van der Waals surface area contributed by atoms with Crippen molar-refractivity contribution in [1.82, 2.24) is 4.98 Å². The number of anilines is 1. The van der Waals surface area contributed by atoms with Crippen LogP contribution in [0, 0.1) is 6.92 Å². The van der Waals surface area contributed by atoms with Gasteiger partial charge < -0.3 is 10.2 Å². The number of nitrogens with zero attached hydrogens (tertiary/aromatic N) is 1. The molecule has 0 aromatic carbocycles. The lowest BCUT2D eigenvalue weighted by Gasteiger charge is -1.88. The zero-order valence-electron chi connectivity index (χ0n) is 6.16. The Kier molecular flexibility index (Phi) is 1.12. The van der Waals surface area contributed by atoms with E-state index in [2.05, 4.69) is 4.98 Å². The fraction of sp³-hybridized carbons (Fsp3) is 0.125. The molecule has 0 bridgehead atoms. The number of hydrogen-bond acceptors (Lipinski definition) is 3. The molecule has 0 unspecified atom stereocenters. The molecule has 0 radical (unpaired) electrons. The van der Waals surface area contributed by atoms with E-state index in [9.17, 15) is 0 Å². The third-order valence-corrected chi connectivity index (χ3v) is 1.51. The van der Waals surface area contributed by atoms with Crippen molar-refractivity contribution in [1.29, 1.82) is 0 Å². The van der Waals surface area contributed by atoms with E-state index in [4.69, 9.17) is 10.2 Å². The zero-order chi connectivity index (χ0) is 7.84. The lowest BCUT2D eigenvalue weighted by molar-refractivity contribution is 0.578. The molecule has 2 aromatic rings. The molecule has 2 heterocycles. The molecule has 0 aliphatic heterocycles. The number of pyridine rings is 1. The maximum Gasteiger partial charge on any atom is 0.154 e. The minimum Gasteiger partial charge on any atom is -0.460 e. The summed E-state index contributed by atoms with van der Waals surface area (Å²) in [7, 11) is 0. The van der Waals surface area contributed by atoms with E-state index < -0.39 is 0 Å². The first-order valence-electron chi connectivity index (χ1n) is 3.37. The van der Waals surface area contributed by atoms with Crippen LogP contribution in [0.2, 0.25) is 0 Å². The Morgan fingerprint density at radius 1 is 1.45 bits per heavy atom. The smallest absolute Gasteiger partial charge is 0.154 e. The fourth-order valence-electron chi connectivity index (χ4n) is 1.06. The highest BCUT2D eigenvalue weighted by molar-refractivity contribution is 5.75. The first-order valence-corrected chi connectivity index (χ1v) is 3.37. The number of furan rings is 1. The molecule has 3 nitrogen and oxygen atoms in total. The highest BCUT2D eigenvalue weighted by atomic mass is 16.3. The number of aryl methyl sites for hydroxylation is 1. The number of rotatable bonds is 0. The van der Waals surface area contributed by atoms with Crippen LogP contribution in [0.25, 0.3) is 11.1 Å². The monoisotopic (exact) mass is 148 g/mol. The van der Waals surface area contributed by atoms with Gasteiger partial charge in [-0.15, -0.1) is 0 Å². The molecule has 2 rings (SSSR count). The van der Waals surface area contributed by atoms with Crippen molar-refractivity contribution in [2.75, 3.05) is 5.73 Å². The molecule has 0 atom stereocenters. The standard InChI is InChI=1S/C8H8N2O/c1-5-2-7-8(11-5)3-6(9)4-10-7/h2-4H,9H2,1H3. The minimum absolute atomic E-state index is 0.631. The Morgan fingerprint density at radius 2 is 2.27 bits per heavy atom. The molecular weight excluding hydrogens is 140 g/mol. The highest BCUT2D eigenvalue weighted by Crippen LogP contribution is 2.17. The third kappa shape index (κ3) is 0.941. The number of aromatic nitrogens is 1. The molecule has 0 saturated heterocycles. The molecule has 56 valence electrons. The van der Waals surface area contributed by atoms with Crippen LogP contribution < -0.4 is 5.73 Å². The van der Waals surface area contributed by atoms with Gasteiger partial charge in [0.2, 0.25) is 0 Å². The Hall–Kier alpha value is -1.51. The molecule has 2 N–H and O–H groups in total. The first kappa shape index (κ1) is 6.22. The van der Waals surface area contributed by atoms with Crippen LogP contribution >= 0.6 is 0 Å². The largest absolute Gasteiger partial charge is 0.460 e. The Morgan fingerprint density at radius 3 is 3.09 bits per heavy atom. The molecule has 0 aliphatic carbocycles. The molecule has 3 heteroatoms. The SMILES string of the molecule is Cc1cc2ncc(N)cc2o1. The molecule has 0 spiro atoms. The number of nitrogens with two attached hydrogens (primary N) is 1. The van der Waals surface area contributed by atoms with Crippen molar-refractivity contribution in [3.63, 3.8) is 0 Å². The van der Waals surface area contributed by atoms with Crippen molar-refractivity contribution in [2.45, 2.75) is 6.92 Å². The van der Waals surface area contributed by atoms with Gasteiger partial charge >= 0.3 is 0 Å². The van der Waals surface area contributed by atoms with Crippen molar-refractivity contribution in [3.8, 4) is 0 Å². The van der Waals surface area contributed by atoms with Gasteiger partial charge in [0, 0.05) is 12.1 Å². The average molecular weight is 148 g/mol. The van der Waals surface area contributed by atoms with E-state index in [1.54, 1.807) is 12.3 Å². The van der Waals surface area contributed by atoms with Gasteiger partial charge in [-0.05, 0) is 6.92 Å². The van der Waals surface area contributed by atoms with E-state index in [1.165, 1.54) is 0 Å². The fourth-order valence-corrected chi connectivity index (χ4v) is 1.06. The lowest BCUT2D eigenvalue weighted by atomic mass is 10.3. The lowest BCUT2D eigenvalue weighted by Crippen LogP contribution is -1.84. The Balaban J connectivity index is 2.82. The maximum absolute atomic E-state index is 5.51. The second-order valence-electron chi connectivity index (χ2n) is 2.51. The summed E-state index contributed by atoms with van der Waals surface area (Å²) in [6.45, 7) is 1.89. The van der Waals surface area contributed by atoms with Gasteiger partial charge in [0.1, 0.15) is 11.3 Å². The van der Waals surface area contributed by atoms with Crippen molar-refractivity contribution in [2.24, 2.45) is 0 Å². The van der Waals surface area contributed by atoms with Crippen LogP contribution in [0.5, 0.6) is 0 Å². The van der Waals surface area contributed by atoms with Crippen molar-refractivity contribution < 1.29 is 4.42 Å². The van der Waals surface area contributed by atoms with E-state index in [0.29, 0.717) is 5.69 Å². The van der Waals surface area contributed by atoms with Gasteiger partial charge in [-0.2, -0.15) is 0 Å². The van der Waals surface area contributed by atoms with Gasteiger partial charge in [0.15, 0.2) is 5.58 Å². The summed E-state index contributed by atoms with van der Waals surface area (Å²) in [5, 5.41) is 0. The quantitative estimate of drug-likeness (QED) is 0.618. The maximum atomic E-state index is 5.51. The summed E-state index contributed by atoms with van der Waals surface area (Å²) in [4.78, 5) is 4.08. The Labute approximate surface area is 63.8 Å². The van der Waals surface area contributed by atoms with E-state index in [0.717, 1.165) is 16.9 Å². The highest BCUT2D eigenvalue weighted by Gasteiger charge is 1.99. The predicted octanol–water partition coefficient (Wildman–Crippen LogP) is 1.72. The number of fused-ring (bicyclic) bond motifs is 1. The molecule has 0 amide bonds. The normalized spacial score (nSPS) is 10.6. The van der Waals surface area contributed by atoms with Gasteiger partial charge in [-0.3, -0.25) is 4.98 Å². The second-order valence-corrected chi connectivity index (χ2v) is 2.51. The first-order chi connectivity index (χ1) is 5.25. The number of nitrogen functional groups attached to an aromatic ring is 1. The summed E-state index contributed by atoms with van der Waals surface area (Å²) < 4.78 is 5.31. The molecule has 2 aromatic heterocycles. The van der Waals surface area contributed by atoms with E-state index in [-0.39, 0.29) is 0 Å². The van der Waals surface area contributed by atoms with E-state index in [1.807, 2.05) is 13.0 Å². The van der Waals surface area contributed by atoms with Gasteiger partial charge in [-0.25, -0.2) is 0 Å². The Bertz CT molecular complexity index is 392. The van der Waals surface area contributed by atoms with E-state index >= 15 is 0 Å². The predicted molar refractivity (Wildman–Crippen MR) is 43.2 cm³/mol. The molecule has 0 saturated carbocycles. The van der Waals surface area contributed by atoms with Gasteiger partial charge in [0.25, 0.3) is 0 Å². The third-order valence-electron chi connectivity index (χ3n) is 1.51. The molecule has 0 fully saturated rings. The summed E-state index contributed by atoms with van der Waals surface area (Å²) >= 11 is 0. The average Bonchev–Trinajstić information content (AvgIpc) is 2.27. The van der Waals surface area contributed by atoms with Crippen molar-refractivity contribution >= 4 is 16.8 Å².